The van der Waals surface area contributed by atoms with E-state index in [4.69, 9.17) is 0 Å². The molecule has 0 saturated carbocycles. The van der Waals surface area contributed by atoms with Crippen LogP contribution in [-0.4, -0.2) is 0 Å². The first-order chi connectivity index (χ1) is 42.2. The summed E-state index contributed by atoms with van der Waals surface area (Å²) < 4.78 is 0. The molecule has 0 radical (unpaired) electrons. The SMILES string of the molecule is CCCCCCCCC1(CCCCCCCC)c2cc(-c3ccc4c(c3)C(c3ccc(CCCCCC)cc3)(c3ccc(CCCCCC)cc3)c3cc(C)ccc3-4)ccc2-c2ccc(-c3cc(CCCCCC)c(C)cc3CCCCCC)cc21. The second-order valence-electron chi connectivity index (χ2n) is 27.3. The van der Waals surface area contributed by atoms with Crippen LogP contribution in [0.1, 0.15) is 301 Å². The molecule has 458 valence electrons. The molecule has 7 aromatic rings. The molecule has 0 fully saturated rings. The van der Waals surface area contributed by atoms with Gasteiger partial charge in [0.05, 0.1) is 5.41 Å². The smallest absolute Gasteiger partial charge is 0.0654 e. The molecule has 0 spiro atoms. The fourth-order valence-electron chi connectivity index (χ4n) is 15.7. The van der Waals surface area contributed by atoms with E-state index in [2.05, 4.69) is 189 Å². The van der Waals surface area contributed by atoms with E-state index < -0.39 is 5.41 Å². The second-order valence-corrected chi connectivity index (χ2v) is 27.3. The van der Waals surface area contributed by atoms with E-state index in [1.165, 1.54) is 288 Å². The summed E-state index contributed by atoms with van der Waals surface area (Å²) in [5.74, 6) is 0. The van der Waals surface area contributed by atoms with Crippen molar-refractivity contribution in [1.29, 1.82) is 0 Å². The van der Waals surface area contributed by atoms with Gasteiger partial charge in [-0.05, 0) is 202 Å². The van der Waals surface area contributed by atoms with Gasteiger partial charge in [0.1, 0.15) is 0 Å². The summed E-state index contributed by atoms with van der Waals surface area (Å²) in [7, 11) is 0. The number of aryl methyl sites for hydroxylation is 6. The van der Waals surface area contributed by atoms with Crippen LogP contribution in [0, 0.1) is 13.8 Å². The zero-order valence-corrected chi connectivity index (χ0v) is 55.7. The van der Waals surface area contributed by atoms with Crippen LogP contribution in [-0.2, 0) is 36.5 Å². The third kappa shape index (κ3) is 15.2. The molecule has 0 amide bonds. The first-order valence-electron chi connectivity index (χ1n) is 36.1. The summed E-state index contributed by atoms with van der Waals surface area (Å²) >= 11 is 0. The van der Waals surface area contributed by atoms with Crippen LogP contribution in [0.5, 0.6) is 0 Å². The van der Waals surface area contributed by atoms with Crippen LogP contribution in [0.3, 0.4) is 0 Å². The number of rotatable bonds is 38. The Hall–Kier alpha value is -5.46. The van der Waals surface area contributed by atoms with Crippen LogP contribution in [0.25, 0.3) is 44.5 Å². The molecule has 0 aliphatic heterocycles. The van der Waals surface area contributed by atoms with Gasteiger partial charge in [-0.3, -0.25) is 0 Å². The highest BCUT2D eigenvalue weighted by Crippen LogP contribution is 2.59. The lowest BCUT2D eigenvalue weighted by Crippen LogP contribution is -2.29. The van der Waals surface area contributed by atoms with Gasteiger partial charge in [-0.25, -0.2) is 0 Å². The maximum Gasteiger partial charge on any atom is 0.0713 e. The van der Waals surface area contributed by atoms with Gasteiger partial charge in [-0.1, -0.05) is 316 Å². The predicted octanol–water partition coefficient (Wildman–Crippen LogP) is 26.3. The van der Waals surface area contributed by atoms with E-state index in [1.54, 1.807) is 22.3 Å². The molecular formula is C86H114. The van der Waals surface area contributed by atoms with E-state index in [9.17, 15) is 0 Å². The summed E-state index contributed by atoms with van der Waals surface area (Å²) in [6.45, 7) is 18.7. The molecule has 0 nitrogen and oxygen atoms in total. The molecule has 0 bridgehead atoms. The van der Waals surface area contributed by atoms with E-state index in [0.29, 0.717) is 0 Å². The average Bonchev–Trinajstić information content (AvgIpc) is 1.65. The molecule has 2 aliphatic carbocycles. The van der Waals surface area contributed by atoms with Crippen LogP contribution in [0.4, 0.5) is 0 Å². The third-order valence-corrected chi connectivity index (χ3v) is 20.8. The molecule has 7 aromatic carbocycles. The Balaban J connectivity index is 1.20. The minimum absolute atomic E-state index is 0.0496. The molecule has 0 unspecified atom stereocenters. The maximum atomic E-state index is 2.76. The van der Waals surface area contributed by atoms with Crippen molar-refractivity contribution in [2.24, 2.45) is 0 Å². The Labute approximate surface area is 526 Å². The molecular weight excluding hydrogens is 1030 g/mol. The second kappa shape index (κ2) is 32.7. The van der Waals surface area contributed by atoms with Crippen molar-refractivity contribution in [1.82, 2.24) is 0 Å². The molecule has 0 heteroatoms. The fraction of sp³-hybridized carbons (Fsp3) is 0.512. The van der Waals surface area contributed by atoms with Crippen molar-refractivity contribution < 1.29 is 0 Å². The van der Waals surface area contributed by atoms with Crippen LogP contribution in [0.2, 0.25) is 0 Å². The summed E-state index contributed by atoms with van der Waals surface area (Å²) in [5.41, 5.74) is 28.6. The largest absolute Gasteiger partial charge is 0.0713 e. The Morgan fingerprint density at radius 2 is 0.628 bits per heavy atom. The van der Waals surface area contributed by atoms with Gasteiger partial charge in [-0.15, -0.1) is 0 Å². The minimum Gasteiger partial charge on any atom is -0.0654 e. The number of hydrogen-bond donors (Lipinski definition) is 0. The van der Waals surface area contributed by atoms with Gasteiger partial charge in [-0.2, -0.15) is 0 Å². The molecule has 0 N–H and O–H groups in total. The van der Waals surface area contributed by atoms with Crippen molar-refractivity contribution in [3.8, 4) is 44.5 Å². The zero-order valence-electron chi connectivity index (χ0n) is 55.7. The quantitative estimate of drug-likeness (QED) is 0.0338. The number of unbranched alkanes of at least 4 members (excludes halogenated alkanes) is 22. The zero-order chi connectivity index (χ0) is 60.1. The molecule has 0 aromatic heterocycles. The van der Waals surface area contributed by atoms with Crippen molar-refractivity contribution in [3.63, 3.8) is 0 Å². The van der Waals surface area contributed by atoms with E-state index >= 15 is 0 Å². The van der Waals surface area contributed by atoms with Crippen LogP contribution in [0.15, 0.2) is 133 Å². The summed E-state index contributed by atoms with van der Waals surface area (Å²) in [6, 6.07) is 55.9. The molecule has 9 rings (SSSR count). The van der Waals surface area contributed by atoms with Crippen LogP contribution >= 0.6 is 0 Å². The highest BCUT2D eigenvalue weighted by atomic mass is 14.5. The first kappa shape index (κ1) is 65.0. The van der Waals surface area contributed by atoms with Crippen molar-refractivity contribution >= 4 is 0 Å². The predicted molar refractivity (Wildman–Crippen MR) is 378 cm³/mol. The van der Waals surface area contributed by atoms with Gasteiger partial charge in [0.25, 0.3) is 0 Å². The lowest BCUT2D eigenvalue weighted by Gasteiger charge is -2.35. The highest BCUT2D eigenvalue weighted by molar-refractivity contribution is 5.90. The first-order valence-corrected chi connectivity index (χ1v) is 36.1. The van der Waals surface area contributed by atoms with Gasteiger partial charge >= 0.3 is 0 Å². The van der Waals surface area contributed by atoms with Crippen molar-refractivity contribution in [2.45, 2.75) is 285 Å². The standard InChI is InChI=1S/C86H114/c1-9-15-21-27-29-35-57-85(58-36-30-28-22-16-10-2)81-62-70(46-54-76(81)77-56-48-73(64-82(77)85)80-61-69(39-33-25-19-13-5)66(8)60-72(80)40-34-26-20-14-6)71-47-55-79-78-53-41-65(7)59-83(78)86(84(79)63-71,74-49-42-67(43-50-74)37-31-23-17-11-3)75-51-44-68(45-52-75)38-32-24-18-12-4/h41-56,59-64H,9-40,57-58H2,1-8H3. The van der Waals surface area contributed by atoms with Gasteiger partial charge in [0.2, 0.25) is 0 Å². The van der Waals surface area contributed by atoms with E-state index in [1.807, 2.05) is 0 Å². The summed E-state index contributed by atoms with van der Waals surface area (Å²) in [4.78, 5) is 0. The fourth-order valence-corrected chi connectivity index (χ4v) is 15.7. The lowest BCUT2D eigenvalue weighted by atomic mass is 9.67. The van der Waals surface area contributed by atoms with Crippen LogP contribution < -0.4 is 0 Å². The molecule has 0 saturated heterocycles. The highest BCUT2D eigenvalue weighted by Gasteiger charge is 2.47. The Morgan fingerprint density at radius 3 is 1.10 bits per heavy atom. The molecule has 0 heterocycles. The summed E-state index contributed by atoms with van der Waals surface area (Å²) in [5, 5.41) is 0. The van der Waals surface area contributed by atoms with Crippen molar-refractivity contribution in [3.05, 3.63) is 200 Å². The normalized spacial score (nSPS) is 13.5. The Kier molecular flexibility index (Phi) is 24.7. The van der Waals surface area contributed by atoms with Gasteiger partial charge < -0.3 is 0 Å². The van der Waals surface area contributed by atoms with E-state index in [0.717, 1.165) is 19.3 Å². The summed E-state index contributed by atoms with van der Waals surface area (Å²) in [6.07, 6.45) is 43.6. The number of fused-ring (bicyclic) bond motifs is 6. The Morgan fingerprint density at radius 1 is 0.267 bits per heavy atom. The number of hydrogen-bond acceptors (Lipinski definition) is 0. The Bertz CT molecular complexity index is 3120. The lowest BCUT2D eigenvalue weighted by molar-refractivity contribution is 0.398. The van der Waals surface area contributed by atoms with E-state index in [-0.39, 0.29) is 5.41 Å². The maximum absolute atomic E-state index is 2.76. The topological polar surface area (TPSA) is 0 Å². The monoisotopic (exact) mass is 1150 g/mol. The van der Waals surface area contributed by atoms with Crippen molar-refractivity contribution in [2.75, 3.05) is 0 Å². The number of benzene rings is 7. The molecule has 0 atom stereocenters. The molecule has 86 heavy (non-hydrogen) atoms. The van der Waals surface area contributed by atoms with Gasteiger partial charge in [0, 0.05) is 5.41 Å². The van der Waals surface area contributed by atoms with Gasteiger partial charge in [0.15, 0.2) is 0 Å². The average molecular weight is 1150 g/mol. The third-order valence-electron chi connectivity index (χ3n) is 20.8. The minimum atomic E-state index is -0.461. The molecule has 2 aliphatic rings.